The highest BCUT2D eigenvalue weighted by Gasteiger charge is 2.24. The van der Waals surface area contributed by atoms with Gasteiger partial charge in [-0.15, -0.1) is 0 Å². The molecule has 1 unspecified atom stereocenters. The maximum absolute atomic E-state index is 12.2. The van der Waals surface area contributed by atoms with Crippen LogP contribution in [0.2, 0.25) is 0 Å². The SMILES string of the molecule is CC(=O)N1CCC(CNc2nc(-c3ccncc3)cc(=O)n2C)C1. The van der Waals surface area contributed by atoms with Crippen molar-refractivity contribution in [2.45, 2.75) is 13.3 Å². The molecule has 0 bridgehead atoms. The number of carbonyl (C=O) groups is 1. The normalized spacial score (nSPS) is 17.1. The van der Waals surface area contributed by atoms with Gasteiger partial charge in [0.25, 0.3) is 5.56 Å². The minimum atomic E-state index is -0.115. The van der Waals surface area contributed by atoms with Crippen LogP contribution in [0.4, 0.5) is 5.95 Å². The van der Waals surface area contributed by atoms with Crippen molar-refractivity contribution in [1.82, 2.24) is 19.4 Å². The van der Waals surface area contributed by atoms with Crippen molar-refractivity contribution in [3.63, 3.8) is 0 Å². The number of nitrogens with one attached hydrogen (secondary N) is 1. The lowest BCUT2D eigenvalue weighted by molar-refractivity contribution is -0.127. The van der Waals surface area contributed by atoms with Gasteiger partial charge in [0.2, 0.25) is 11.9 Å². The molecule has 0 aliphatic carbocycles. The van der Waals surface area contributed by atoms with E-state index in [4.69, 9.17) is 0 Å². The number of hydrogen-bond donors (Lipinski definition) is 1. The topological polar surface area (TPSA) is 80.1 Å². The number of amides is 1. The Labute approximate surface area is 140 Å². The van der Waals surface area contributed by atoms with Crippen LogP contribution in [0, 0.1) is 5.92 Å². The predicted molar refractivity (Wildman–Crippen MR) is 91.6 cm³/mol. The fourth-order valence-electron chi connectivity index (χ4n) is 2.89. The molecule has 24 heavy (non-hydrogen) atoms. The molecule has 3 rings (SSSR count). The molecular weight excluding hydrogens is 306 g/mol. The third-order valence-corrected chi connectivity index (χ3v) is 4.39. The number of carbonyl (C=O) groups excluding carboxylic acids is 1. The van der Waals surface area contributed by atoms with Gasteiger partial charge in [0.1, 0.15) is 0 Å². The zero-order valence-electron chi connectivity index (χ0n) is 13.9. The largest absolute Gasteiger partial charge is 0.355 e. The van der Waals surface area contributed by atoms with Crippen LogP contribution in [-0.2, 0) is 11.8 Å². The molecule has 7 heteroatoms. The second-order valence-electron chi connectivity index (χ2n) is 6.10. The van der Waals surface area contributed by atoms with Crippen molar-refractivity contribution in [2.24, 2.45) is 13.0 Å². The molecule has 3 heterocycles. The second-order valence-corrected chi connectivity index (χ2v) is 6.10. The lowest BCUT2D eigenvalue weighted by Gasteiger charge is -2.16. The number of likely N-dealkylation sites (tertiary alicyclic amines) is 1. The molecular formula is C17H21N5O2. The Morgan fingerprint density at radius 1 is 1.38 bits per heavy atom. The maximum atomic E-state index is 12.2. The van der Waals surface area contributed by atoms with E-state index in [2.05, 4.69) is 15.3 Å². The first-order chi connectivity index (χ1) is 11.5. The highest BCUT2D eigenvalue weighted by Crippen LogP contribution is 2.18. The lowest BCUT2D eigenvalue weighted by Crippen LogP contribution is -2.28. The lowest BCUT2D eigenvalue weighted by atomic mass is 10.1. The molecule has 0 radical (unpaired) electrons. The van der Waals surface area contributed by atoms with Crippen LogP contribution in [0.3, 0.4) is 0 Å². The predicted octanol–water partition coefficient (Wildman–Crippen LogP) is 1.12. The molecule has 1 fully saturated rings. The molecule has 1 aliphatic heterocycles. The summed E-state index contributed by atoms with van der Waals surface area (Å²) >= 11 is 0. The van der Waals surface area contributed by atoms with E-state index in [0.717, 1.165) is 25.1 Å². The number of nitrogens with zero attached hydrogens (tertiary/aromatic N) is 4. The van der Waals surface area contributed by atoms with Crippen LogP contribution in [0.5, 0.6) is 0 Å². The molecule has 1 atom stereocenters. The summed E-state index contributed by atoms with van der Waals surface area (Å²) < 4.78 is 1.50. The molecule has 1 amide bonds. The van der Waals surface area contributed by atoms with Gasteiger partial charge in [-0.25, -0.2) is 4.98 Å². The highest BCUT2D eigenvalue weighted by atomic mass is 16.2. The number of pyridine rings is 1. The van der Waals surface area contributed by atoms with Crippen molar-refractivity contribution in [1.29, 1.82) is 0 Å². The first-order valence-corrected chi connectivity index (χ1v) is 8.02. The Balaban J connectivity index is 1.75. The molecule has 2 aromatic rings. The van der Waals surface area contributed by atoms with Crippen LogP contribution in [0.25, 0.3) is 11.3 Å². The quantitative estimate of drug-likeness (QED) is 0.910. The average Bonchev–Trinajstić information content (AvgIpc) is 3.06. The van der Waals surface area contributed by atoms with E-state index < -0.39 is 0 Å². The first-order valence-electron chi connectivity index (χ1n) is 8.02. The molecule has 0 aromatic carbocycles. The fourth-order valence-corrected chi connectivity index (χ4v) is 2.89. The zero-order chi connectivity index (χ0) is 17.1. The van der Waals surface area contributed by atoms with E-state index in [1.54, 1.807) is 26.4 Å². The fraction of sp³-hybridized carbons (Fsp3) is 0.412. The van der Waals surface area contributed by atoms with Gasteiger partial charge >= 0.3 is 0 Å². The Hall–Kier alpha value is -2.70. The van der Waals surface area contributed by atoms with Crippen LogP contribution < -0.4 is 10.9 Å². The van der Waals surface area contributed by atoms with Gasteiger partial charge in [-0.1, -0.05) is 0 Å². The molecule has 126 valence electrons. The highest BCUT2D eigenvalue weighted by molar-refractivity contribution is 5.73. The third-order valence-electron chi connectivity index (χ3n) is 4.39. The Bertz CT molecular complexity index is 787. The van der Waals surface area contributed by atoms with Crippen molar-refractivity contribution < 1.29 is 4.79 Å². The summed E-state index contributed by atoms with van der Waals surface area (Å²) in [6.45, 7) is 3.83. The summed E-state index contributed by atoms with van der Waals surface area (Å²) in [4.78, 5) is 34.0. The Morgan fingerprint density at radius 3 is 2.79 bits per heavy atom. The average molecular weight is 327 g/mol. The summed E-state index contributed by atoms with van der Waals surface area (Å²) in [5.74, 6) is 1.02. The summed E-state index contributed by atoms with van der Waals surface area (Å²) in [6, 6.07) is 5.17. The molecule has 7 nitrogen and oxygen atoms in total. The number of hydrogen-bond acceptors (Lipinski definition) is 5. The molecule has 1 saturated heterocycles. The van der Waals surface area contributed by atoms with Crippen molar-refractivity contribution in [3.8, 4) is 11.3 Å². The molecule has 1 N–H and O–H groups in total. The minimum absolute atomic E-state index is 0.114. The molecule has 2 aromatic heterocycles. The van der Waals surface area contributed by atoms with Crippen molar-refractivity contribution >= 4 is 11.9 Å². The van der Waals surface area contributed by atoms with Gasteiger partial charge in [0, 0.05) is 57.6 Å². The van der Waals surface area contributed by atoms with Gasteiger partial charge < -0.3 is 10.2 Å². The number of rotatable bonds is 4. The second kappa shape index (κ2) is 6.82. The summed E-state index contributed by atoms with van der Waals surface area (Å²) in [5, 5.41) is 3.26. The monoisotopic (exact) mass is 327 g/mol. The Kier molecular flexibility index (Phi) is 4.59. The zero-order valence-corrected chi connectivity index (χ0v) is 13.9. The smallest absolute Gasteiger partial charge is 0.255 e. The summed E-state index contributed by atoms with van der Waals surface area (Å²) in [6.07, 6.45) is 4.32. The van der Waals surface area contributed by atoms with Gasteiger partial charge in [0.15, 0.2) is 0 Å². The van der Waals surface area contributed by atoms with E-state index in [0.29, 0.717) is 24.1 Å². The van der Waals surface area contributed by atoms with Crippen molar-refractivity contribution in [3.05, 3.63) is 40.9 Å². The first kappa shape index (κ1) is 16.2. The standard InChI is InChI=1S/C17H21N5O2/c1-12(23)22-8-5-13(11-22)10-19-17-20-15(9-16(24)21(17)2)14-3-6-18-7-4-14/h3-4,6-7,9,13H,5,8,10-11H2,1-2H3,(H,19,20). The van der Waals surface area contributed by atoms with Gasteiger partial charge in [-0.2, -0.15) is 0 Å². The summed E-state index contributed by atoms with van der Waals surface area (Å²) in [7, 11) is 1.70. The van der Waals surface area contributed by atoms with E-state index in [-0.39, 0.29) is 11.5 Å². The van der Waals surface area contributed by atoms with E-state index in [1.165, 1.54) is 10.6 Å². The third kappa shape index (κ3) is 3.45. The van der Waals surface area contributed by atoms with E-state index >= 15 is 0 Å². The molecule has 0 saturated carbocycles. The summed E-state index contributed by atoms with van der Waals surface area (Å²) in [5.41, 5.74) is 1.37. The minimum Gasteiger partial charge on any atom is -0.355 e. The van der Waals surface area contributed by atoms with Crippen LogP contribution in [0.15, 0.2) is 35.4 Å². The molecule has 0 spiro atoms. The van der Waals surface area contributed by atoms with E-state index in [9.17, 15) is 9.59 Å². The van der Waals surface area contributed by atoms with Crippen LogP contribution in [0.1, 0.15) is 13.3 Å². The van der Waals surface area contributed by atoms with Gasteiger partial charge in [-0.3, -0.25) is 19.1 Å². The van der Waals surface area contributed by atoms with Gasteiger partial charge in [-0.05, 0) is 24.5 Å². The van der Waals surface area contributed by atoms with Crippen LogP contribution in [-0.4, -0.2) is 45.0 Å². The van der Waals surface area contributed by atoms with Crippen molar-refractivity contribution in [2.75, 3.05) is 25.0 Å². The van der Waals surface area contributed by atoms with E-state index in [1.807, 2.05) is 17.0 Å². The van der Waals surface area contributed by atoms with Gasteiger partial charge in [0.05, 0.1) is 5.69 Å². The molecule has 1 aliphatic rings. The number of anilines is 1. The van der Waals surface area contributed by atoms with Crippen LogP contribution >= 0.6 is 0 Å². The maximum Gasteiger partial charge on any atom is 0.255 e. The number of aromatic nitrogens is 3. The Morgan fingerprint density at radius 2 is 2.12 bits per heavy atom.